The van der Waals surface area contributed by atoms with Gasteiger partial charge in [-0.15, -0.1) is 6.58 Å². The van der Waals surface area contributed by atoms with Crippen molar-refractivity contribution in [3.8, 4) is 0 Å². The summed E-state index contributed by atoms with van der Waals surface area (Å²) in [5.74, 6) is 0.954. The topological polar surface area (TPSA) is 53.8 Å². The van der Waals surface area contributed by atoms with Crippen LogP contribution >= 0.6 is 0 Å². The maximum absolute atomic E-state index is 13.3. The summed E-state index contributed by atoms with van der Waals surface area (Å²) in [4.78, 5) is 29.3. The van der Waals surface area contributed by atoms with Crippen molar-refractivity contribution in [2.24, 2.45) is 5.92 Å². The summed E-state index contributed by atoms with van der Waals surface area (Å²) in [6.45, 7) is 6.50. The largest absolute Gasteiger partial charge is 0.464 e. The highest BCUT2D eigenvalue weighted by molar-refractivity contribution is 5.86. The molecule has 1 aromatic heterocycles. The van der Waals surface area contributed by atoms with Gasteiger partial charge >= 0.3 is 0 Å². The van der Waals surface area contributed by atoms with Gasteiger partial charge < -0.3 is 14.2 Å². The van der Waals surface area contributed by atoms with E-state index in [4.69, 9.17) is 4.42 Å². The molecule has 1 aromatic carbocycles. The van der Waals surface area contributed by atoms with Crippen molar-refractivity contribution >= 4 is 11.8 Å². The normalized spacial score (nSPS) is 13.9. The van der Waals surface area contributed by atoms with Gasteiger partial charge in [0.1, 0.15) is 23.9 Å². The highest BCUT2D eigenvalue weighted by Crippen LogP contribution is 2.26. The van der Waals surface area contributed by atoms with Crippen LogP contribution in [0.25, 0.3) is 0 Å². The lowest BCUT2D eigenvalue weighted by Gasteiger charge is -2.28. The van der Waals surface area contributed by atoms with Crippen molar-refractivity contribution in [2.45, 2.75) is 45.7 Å². The second-order valence-corrected chi connectivity index (χ2v) is 7.88. The van der Waals surface area contributed by atoms with E-state index in [0.29, 0.717) is 18.8 Å². The minimum atomic E-state index is -0.322. The van der Waals surface area contributed by atoms with Crippen LogP contribution in [-0.4, -0.2) is 34.7 Å². The van der Waals surface area contributed by atoms with Gasteiger partial charge in [0, 0.05) is 19.0 Å². The summed E-state index contributed by atoms with van der Waals surface area (Å²) in [5, 5.41) is 0. The fraction of sp³-hybridized carbons (Fsp3) is 0.417. The summed E-state index contributed by atoms with van der Waals surface area (Å²) >= 11 is 0. The molecule has 2 aromatic rings. The highest BCUT2D eigenvalue weighted by Gasteiger charge is 2.29. The highest BCUT2D eigenvalue weighted by atomic mass is 19.1. The van der Waals surface area contributed by atoms with Crippen LogP contribution in [0, 0.1) is 18.7 Å². The van der Waals surface area contributed by atoms with Crippen LogP contribution in [0.2, 0.25) is 0 Å². The molecule has 5 nitrogen and oxygen atoms in total. The first kappa shape index (κ1) is 21.8. The number of hydrogen-bond donors (Lipinski definition) is 0. The Morgan fingerprint density at radius 3 is 2.40 bits per heavy atom. The van der Waals surface area contributed by atoms with Crippen molar-refractivity contribution in [2.75, 3.05) is 13.1 Å². The molecule has 2 amide bonds. The number of hydrogen-bond acceptors (Lipinski definition) is 3. The van der Waals surface area contributed by atoms with E-state index in [1.807, 2.05) is 19.1 Å². The fourth-order valence-corrected chi connectivity index (χ4v) is 3.88. The smallest absolute Gasteiger partial charge is 0.242 e. The maximum Gasteiger partial charge on any atom is 0.242 e. The quantitative estimate of drug-likeness (QED) is 0.572. The first-order chi connectivity index (χ1) is 14.5. The Balaban J connectivity index is 1.75. The fourth-order valence-electron chi connectivity index (χ4n) is 3.88. The molecule has 1 aliphatic carbocycles. The van der Waals surface area contributed by atoms with E-state index in [9.17, 15) is 14.0 Å². The van der Waals surface area contributed by atoms with Gasteiger partial charge in [-0.1, -0.05) is 31.1 Å². The molecular weight excluding hydrogens is 383 g/mol. The summed E-state index contributed by atoms with van der Waals surface area (Å²) in [6.07, 6.45) is 5.53. The van der Waals surface area contributed by atoms with E-state index in [-0.39, 0.29) is 36.6 Å². The van der Waals surface area contributed by atoms with Crippen LogP contribution in [0.1, 0.15) is 42.8 Å². The molecule has 0 radical (unpaired) electrons. The van der Waals surface area contributed by atoms with Gasteiger partial charge in [-0.25, -0.2) is 4.39 Å². The monoisotopic (exact) mass is 412 g/mol. The average Bonchev–Trinajstić information content (AvgIpc) is 3.40. The molecule has 0 bridgehead atoms. The van der Waals surface area contributed by atoms with Crippen LogP contribution in [0.5, 0.6) is 0 Å². The molecular formula is C24H29FN2O3. The van der Waals surface area contributed by atoms with E-state index >= 15 is 0 Å². The Morgan fingerprint density at radius 1 is 1.10 bits per heavy atom. The first-order valence-electron chi connectivity index (χ1n) is 10.4. The molecule has 160 valence electrons. The number of nitrogens with zero attached hydrogens (tertiary/aromatic N) is 2. The van der Waals surface area contributed by atoms with E-state index in [2.05, 4.69) is 6.58 Å². The van der Waals surface area contributed by atoms with Crippen LogP contribution in [-0.2, 0) is 22.7 Å². The van der Waals surface area contributed by atoms with Gasteiger partial charge in [-0.2, -0.15) is 0 Å². The standard InChI is InChI=1S/C24H29FN2O3/c1-3-14-26(24(29)20-6-4-5-7-20)17-23(28)27(16-22-13-8-18(2)30-22)15-19-9-11-21(25)12-10-19/h3,8-13,20H,1,4-7,14-17H2,2H3. The van der Waals surface area contributed by atoms with Gasteiger partial charge in [-0.3, -0.25) is 9.59 Å². The van der Waals surface area contributed by atoms with E-state index < -0.39 is 0 Å². The second kappa shape index (κ2) is 10.2. The van der Waals surface area contributed by atoms with Gasteiger partial charge in [0.2, 0.25) is 11.8 Å². The maximum atomic E-state index is 13.3. The summed E-state index contributed by atoms with van der Waals surface area (Å²) in [7, 11) is 0. The molecule has 30 heavy (non-hydrogen) atoms. The molecule has 1 fully saturated rings. The SMILES string of the molecule is C=CCN(CC(=O)N(Cc1ccc(F)cc1)Cc1ccc(C)o1)C(=O)C1CCCC1. The summed E-state index contributed by atoms with van der Waals surface area (Å²) in [6, 6.07) is 9.77. The lowest BCUT2D eigenvalue weighted by Crippen LogP contribution is -2.44. The van der Waals surface area contributed by atoms with Crippen LogP contribution in [0.3, 0.4) is 0 Å². The zero-order chi connectivity index (χ0) is 21.5. The third-order valence-corrected chi connectivity index (χ3v) is 5.47. The first-order valence-corrected chi connectivity index (χ1v) is 10.4. The van der Waals surface area contributed by atoms with E-state index in [1.54, 1.807) is 28.0 Å². The zero-order valence-electron chi connectivity index (χ0n) is 17.5. The molecule has 1 heterocycles. The molecule has 0 N–H and O–H groups in total. The van der Waals surface area contributed by atoms with Crippen molar-refractivity contribution in [1.82, 2.24) is 9.80 Å². The average molecular weight is 413 g/mol. The Morgan fingerprint density at radius 2 is 1.80 bits per heavy atom. The number of benzene rings is 1. The minimum Gasteiger partial charge on any atom is -0.464 e. The second-order valence-electron chi connectivity index (χ2n) is 7.88. The van der Waals surface area contributed by atoms with Crippen LogP contribution < -0.4 is 0 Å². The van der Waals surface area contributed by atoms with Crippen molar-refractivity contribution in [3.63, 3.8) is 0 Å². The van der Waals surface area contributed by atoms with Gasteiger partial charge in [0.25, 0.3) is 0 Å². The van der Waals surface area contributed by atoms with Gasteiger partial charge in [-0.05, 0) is 49.6 Å². The Labute approximate surface area is 177 Å². The predicted octanol–water partition coefficient (Wildman–Crippen LogP) is 4.46. The number of aryl methyl sites for hydroxylation is 1. The number of carbonyl (C=O) groups excluding carboxylic acids is 2. The van der Waals surface area contributed by atoms with Crippen molar-refractivity contribution < 1.29 is 18.4 Å². The van der Waals surface area contributed by atoms with Crippen LogP contribution in [0.4, 0.5) is 4.39 Å². The molecule has 0 unspecified atom stereocenters. The molecule has 0 saturated heterocycles. The summed E-state index contributed by atoms with van der Waals surface area (Å²) < 4.78 is 18.9. The van der Waals surface area contributed by atoms with Gasteiger partial charge in [0.05, 0.1) is 6.54 Å². The molecule has 0 spiro atoms. The molecule has 0 atom stereocenters. The Hall–Kier alpha value is -2.89. The number of rotatable bonds is 9. The lowest BCUT2D eigenvalue weighted by atomic mass is 10.1. The molecule has 3 rings (SSSR count). The third kappa shape index (κ3) is 5.81. The van der Waals surface area contributed by atoms with Crippen molar-refractivity contribution in [3.05, 3.63) is 72.0 Å². The van der Waals surface area contributed by atoms with Crippen molar-refractivity contribution in [1.29, 1.82) is 0 Å². The summed E-state index contributed by atoms with van der Waals surface area (Å²) in [5.41, 5.74) is 0.811. The minimum absolute atomic E-state index is 0.00368. The number of halogens is 1. The number of furan rings is 1. The molecule has 0 aliphatic heterocycles. The third-order valence-electron chi connectivity index (χ3n) is 5.47. The lowest BCUT2D eigenvalue weighted by molar-refractivity contribution is -0.143. The predicted molar refractivity (Wildman–Crippen MR) is 113 cm³/mol. The van der Waals surface area contributed by atoms with Crippen LogP contribution in [0.15, 0.2) is 53.5 Å². The Kier molecular flexibility index (Phi) is 7.44. The molecule has 1 aliphatic rings. The molecule has 6 heteroatoms. The van der Waals surface area contributed by atoms with E-state index in [0.717, 1.165) is 37.0 Å². The molecule has 1 saturated carbocycles. The zero-order valence-corrected chi connectivity index (χ0v) is 17.5. The Bertz CT molecular complexity index is 869. The number of carbonyl (C=O) groups is 2. The van der Waals surface area contributed by atoms with Gasteiger partial charge in [0.15, 0.2) is 0 Å². The van der Waals surface area contributed by atoms with E-state index in [1.165, 1.54) is 12.1 Å². The number of amides is 2.